The first-order valence-corrected chi connectivity index (χ1v) is 10.6. The smallest absolute Gasteiger partial charge is 0.326 e. The van der Waals surface area contributed by atoms with Gasteiger partial charge in [-0.1, -0.05) is 32.1 Å². The van der Waals surface area contributed by atoms with Gasteiger partial charge in [0.05, 0.1) is 0 Å². The highest BCUT2D eigenvalue weighted by atomic mass is 16.5. The lowest BCUT2D eigenvalue weighted by Crippen LogP contribution is -2.46. The zero-order valence-electron chi connectivity index (χ0n) is 16.3. The molecule has 2 aliphatic heterocycles. The molecule has 1 N–H and O–H groups in total. The molecule has 4 rings (SSSR count). The number of esters is 1. The number of imide groups is 1. The van der Waals surface area contributed by atoms with Gasteiger partial charge in [0.15, 0.2) is 6.61 Å². The molecule has 2 heterocycles. The lowest BCUT2D eigenvalue weighted by atomic mass is 9.75. The standard InChI is InChI=1S/C20H29N3O5/c24-16(22-10-7-14-5-1-2-6-15(14)11-22)13-28-17(25)12-23-18(26)20(21-19(23)27)8-3-4-9-20/h14-15H,1-13H2,(H,21,27)/t14-,15-/m0/s1. The molecule has 0 unspecified atom stereocenters. The van der Waals surface area contributed by atoms with Crippen molar-refractivity contribution in [1.29, 1.82) is 0 Å². The van der Waals surface area contributed by atoms with Gasteiger partial charge in [0.1, 0.15) is 12.1 Å². The summed E-state index contributed by atoms with van der Waals surface area (Å²) in [7, 11) is 0. The number of nitrogens with one attached hydrogen (secondary N) is 1. The van der Waals surface area contributed by atoms with E-state index >= 15 is 0 Å². The molecule has 2 saturated carbocycles. The quantitative estimate of drug-likeness (QED) is 0.578. The van der Waals surface area contributed by atoms with Crippen molar-refractivity contribution >= 4 is 23.8 Å². The van der Waals surface area contributed by atoms with Crippen LogP contribution in [0.4, 0.5) is 4.79 Å². The van der Waals surface area contributed by atoms with Crippen LogP contribution in [0.15, 0.2) is 0 Å². The summed E-state index contributed by atoms with van der Waals surface area (Å²) in [5.74, 6) is 0.0255. The Morgan fingerprint density at radius 1 is 1.04 bits per heavy atom. The van der Waals surface area contributed by atoms with Gasteiger partial charge in [0, 0.05) is 13.1 Å². The molecule has 0 bridgehead atoms. The van der Waals surface area contributed by atoms with E-state index in [9.17, 15) is 19.2 Å². The monoisotopic (exact) mass is 391 g/mol. The molecule has 2 aliphatic carbocycles. The van der Waals surface area contributed by atoms with Gasteiger partial charge in [0.2, 0.25) is 0 Å². The Kier molecular flexibility index (Phi) is 5.29. The highest BCUT2D eigenvalue weighted by Crippen LogP contribution is 2.36. The van der Waals surface area contributed by atoms with Crippen molar-refractivity contribution in [2.75, 3.05) is 26.2 Å². The first-order chi connectivity index (χ1) is 13.5. The Balaban J connectivity index is 1.25. The highest BCUT2D eigenvalue weighted by molar-refractivity contribution is 6.08. The Morgan fingerprint density at radius 3 is 2.50 bits per heavy atom. The van der Waals surface area contributed by atoms with Crippen molar-refractivity contribution in [2.24, 2.45) is 11.8 Å². The van der Waals surface area contributed by atoms with Gasteiger partial charge < -0.3 is 15.0 Å². The predicted octanol–water partition coefficient (Wildman–Crippen LogP) is 1.43. The molecule has 1 spiro atoms. The number of amides is 4. The first kappa shape index (κ1) is 19.2. The molecule has 4 amide bonds. The molecule has 8 nitrogen and oxygen atoms in total. The van der Waals surface area contributed by atoms with E-state index in [0.717, 1.165) is 36.6 Å². The van der Waals surface area contributed by atoms with Gasteiger partial charge in [-0.15, -0.1) is 0 Å². The average Bonchev–Trinajstić information content (AvgIpc) is 3.26. The SMILES string of the molecule is O=C(CN1C(=O)NC2(CCCC2)C1=O)OCC(=O)N1CC[C@@H]2CCCC[C@H]2C1. The number of hydrogen-bond donors (Lipinski definition) is 1. The molecule has 0 aromatic carbocycles. The first-order valence-electron chi connectivity index (χ1n) is 10.6. The van der Waals surface area contributed by atoms with Crippen molar-refractivity contribution < 1.29 is 23.9 Å². The summed E-state index contributed by atoms with van der Waals surface area (Å²) in [5.41, 5.74) is -0.836. The third-order valence-electron chi connectivity index (χ3n) is 6.99. The number of hydrogen-bond acceptors (Lipinski definition) is 5. The Hall–Kier alpha value is -2.12. The van der Waals surface area contributed by atoms with Crippen LogP contribution >= 0.6 is 0 Å². The molecule has 0 radical (unpaired) electrons. The Labute approximate surface area is 164 Å². The number of fused-ring (bicyclic) bond motifs is 1. The van der Waals surface area contributed by atoms with E-state index in [1.165, 1.54) is 25.7 Å². The zero-order valence-corrected chi connectivity index (χ0v) is 16.3. The molecule has 2 saturated heterocycles. The van der Waals surface area contributed by atoms with Crippen molar-refractivity contribution in [1.82, 2.24) is 15.1 Å². The molecule has 28 heavy (non-hydrogen) atoms. The maximum atomic E-state index is 12.6. The second-order valence-electron chi connectivity index (χ2n) is 8.70. The third-order valence-corrected chi connectivity index (χ3v) is 6.99. The summed E-state index contributed by atoms with van der Waals surface area (Å²) in [6.07, 6.45) is 8.96. The van der Waals surface area contributed by atoms with E-state index in [1.807, 2.05) is 0 Å². The van der Waals surface area contributed by atoms with E-state index in [2.05, 4.69) is 5.32 Å². The van der Waals surface area contributed by atoms with Gasteiger partial charge in [-0.2, -0.15) is 0 Å². The van der Waals surface area contributed by atoms with Crippen molar-refractivity contribution in [3.63, 3.8) is 0 Å². The number of piperidine rings is 1. The summed E-state index contributed by atoms with van der Waals surface area (Å²) in [6, 6.07) is -0.547. The number of rotatable bonds is 4. The van der Waals surface area contributed by atoms with E-state index in [4.69, 9.17) is 4.74 Å². The molecule has 8 heteroatoms. The third kappa shape index (κ3) is 3.61. The Bertz CT molecular complexity index is 673. The number of urea groups is 1. The summed E-state index contributed by atoms with van der Waals surface area (Å²) >= 11 is 0. The molecule has 0 aromatic rings. The maximum absolute atomic E-state index is 12.6. The van der Waals surface area contributed by atoms with Crippen LogP contribution in [-0.4, -0.2) is 65.4 Å². The fourth-order valence-electron chi connectivity index (χ4n) is 5.37. The topological polar surface area (TPSA) is 96.0 Å². The van der Waals surface area contributed by atoms with Gasteiger partial charge in [0.25, 0.3) is 11.8 Å². The number of carbonyl (C=O) groups excluding carboxylic acids is 4. The molecular weight excluding hydrogens is 362 g/mol. The van der Waals surface area contributed by atoms with Crippen LogP contribution in [0, 0.1) is 11.8 Å². The lowest BCUT2D eigenvalue weighted by Gasteiger charge is -2.41. The van der Waals surface area contributed by atoms with Gasteiger partial charge >= 0.3 is 12.0 Å². The van der Waals surface area contributed by atoms with E-state index in [0.29, 0.717) is 25.3 Å². The van der Waals surface area contributed by atoms with Crippen molar-refractivity contribution in [3.05, 3.63) is 0 Å². The van der Waals surface area contributed by atoms with Gasteiger partial charge in [-0.05, 0) is 37.5 Å². The van der Waals surface area contributed by atoms with Crippen LogP contribution in [0.5, 0.6) is 0 Å². The molecular formula is C20H29N3O5. The number of ether oxygens (including phenoxy) is 1. The second kappa shape index (κ2) is 7.72. The average molecular weight is 391 g/mol. The van der Waals surface area contributed by atoms with Gasteiger partial charge in [-0.3, -0.25) is 19.3 Å². The largest absolute Gasteiger partial charge is 0.454 e. The summed E-state index contributed by atoms with van der Waals surface area (Å²) < 4.78 is 5.10. The fourth-order valence-corrected chi connectivity index (χ4v) is 5.37. The molecule has 0 aromatic heterocycles. The summed E-state index contributed by atoms with van der Waals surface area (Å²) in [4.78, 5) is 52.0. The minimum Gasteiger partial charge on any atom is -0.454 e. The van der Waals surface area contributed by atoms with Crippen molar-refractivity contribution in [3.8, 4) is 0 Å². The Morgan fingerprint density at radius 2 is 1.75 bits per heavy atom. The normalized spacial score (nSPS) is 29.0. The molecule has 2 atom stereocenters. The maximum Gasteiger partial charge on any atom is 0.326 e. The number of nitrogens with zero attached hydrogens (tertiary/aromatic N) is 2. The molecule has 154 valence electrons. The van der Waals surface area contributed by atoms with Gasteiger partial charge in [-0.25, -0.2) is 4.79 Å². The van der Waals surface area contributed by atoms with E-state index in [1.54, 1.807) is 4.90 Å². The lowest BCUT2D eigenvalue weighted by molar-refractivity contribution is -0.154. The molecule has 4 fully saturated rings. The van der Waals surface area contributed by atoms with Crippen LogP contribution in [0.1, 0.15) is 57.8 Å². The number of carbonyl (C=O) groups is 4. The predicted molar refractivity (Wildman–Crippen MR) is 99.0 cm³/mol. The van der Waals surface area contributed by atoms with Crippen LogP contribution in [-0.2, 0) is 19.1 Å². The van der Waals surface area contributed by atoms with Crippen molar-refractivity contribution in [2.45, 2.75) is 63.3 Å². The zero-order chi connectivity index (χ0) is 19.7. The second-order valence-corrected chi connectivity index (χ2v) is 8.70. The molecule has 4 aliphatic rings. The fraction of sp³-hybridized carbons (Fsp3) is 0.800. The van der Waals surface area contributed by atoms with Crippen LogP contribution in [0.2, 0.25) is 0 Å². The summed E-state index contributed by atoms with van der Waals surface area (Å²) in [6.45, 7) is 0.694. The minimum absolute atomic E-state index is 0.193. The number of likely N-dealkylation sites (tertiary alicyclic amines) is 1. The minimum atomic E-state index is -0.836. The van der Waals surface area contributed by atoms with Crippen LogP contribution < -0.4 is 5.32 Å². The van der Waals surface area contributed by atoms with Crippen LogP contribution in [0.25, 0.3) is 0 Å². The highest BCUT2D eigenvalue weighted by Gasteiger charge is 2.52. The summed E-state index contributed by atoms with van der Waals surface area (Å²) in [5, 5.41) is 2.73. The van der Waals surface area contributed by atoms with E-state index < -0.39 is 24.1 Å². The van der Waals surface area contributed by atoms with E-state index in [-0.39, 0.29) is 18.4 Å². The van der Waals surface area contributed by atoms with Crippen LogP contribution in [0.3, 0.4) is 0 Å².